The number of methoxy groups -OCH3 is 1. The summed E-state index contributed by atoms with van der Waals surface area (Å²) >= 11 is 0. The summed E-state index contributed by atoms with van der Waals surface area (Å²) in [6.45, 7) is 2.21. The van der Waals surface area contributed by atoms with Crippen molar-refractivity contribution in [1.82, 2.24) is 29.8 Å². The van der Waals surface area contributed by atoms with Crippen molar-refractivity contribution in [3.63, 3.8) is 0 Å². The molecule has 10 nitrogen and oxygen atoms in total. The highest BCUT2D eigenvalue weighted by Gasteiger charge is 2.38. The minimum absolute atomic E-state index is 0.0545. The zero-order chi connectivity index (χ0) is 19.7. The number of carbonyl (C=O) groups is 1. The number of rotatable bonds is 4. The predicted octanol–water partition coefficient (Wildman–Crippen LogP) is 2.17. The Kier molecular flexibility index (Phi) is 4.78. The number of nitrogens with one attached hydrogen (secondary N) is 1. The summed E-state index contributed by atoms with van der Waals surface area (Å²) in [6, 6.07) is 6.88. The Hall–Kier alpha value is -3.27. The maximum Gasteiger partial charge on any atom is 0.322 e. The van der Waals surface area contributed by atoms with Crippen LogP contribution in [0.25, 0.3) is 11.4 Å². The van der Waals surface area contributed by atoms with Crippen molar-refractivity contribution < 1.29 is 14.1 Å². The molecular formula is C18H21N7O3. The van der Waals surface area contributed by atoms with E-state index in [0.29, 0.717) is 30.4 Å². The SMILES string of the molecule is CO[C@@H]1C[C@@H](c2nncn2C)N(C(=O)Nc2cccc(-c3noc(C)n3)c2)C1. The number of aryl methyl sites for hydroxylation is 2. The van der Waals surface area contributed by atoms with Gasteiger partial charge in [0.1, 0.15) is 6.33 Å². The Labute approximate surface area is 161 Å². The molecule has 0 spiro atoms. The molecule has 0 radical (unpaired) electrons. The van der Waals surface area contributed by atoms with Crippen molar-refractivity contribution in [2.75, 3.05) is 19.0 Å². The maximum atomic E-state index is 13.0. The second-order valence-corrected chi connectivity index (χ2v) is 6.71. The van der Waals surface area contributed by atoms with E-state index in [2.05, 4.69) is 25.7 Å². The fraction of sp³-hybridized carbons (Fsp3) is 0.389. The monoisotopic (exact) mass is 383 g/mol. The molecule has 1 aliphatic heterocycles. The summed E-state index contributed by atoms with van der Waals surface area (Å²) in [6.07, 6.45) is 2.24. The molecule has 10 heteroatoms. The molecule has 0 unspecified atom stereocenters. The summed E-state index contributed by atoms with van der Waals surface area (Å²) in [4.78, 5) is 18.9. The minimum Gasteiger partial charge on any atom is -0.380 e. The maximum absolute atomic E-state index is 13.0. The number of ether oxygens (including phenoxy) is 1. The van der Waals surface area contributed by atoms with Crippen molar-refractivity contribution in [2.45, 2.75) is 25.5 Å². The number of hydrogen-bond donors (Lipinski definition) is 1. The van der Waals surface area contributed by atoms with Gasteiger partial charge in [-0.15, -0.1) is 10.2 Å². The van der Waals surface area contributed by atoms with Gasteiger partial charge in [-0.25, -0.2) is 4.79 Å². The van der Waals surface area contributed by atoms with Crippen molar-refractivity contribution >= 4 is 11.7 Å². The molecule has 2 aromatic heterocycles. The number of likely N-dealkylation sites (tertiary alicyclic amines) is 1. The van der Waals surface area contributed by atoms with Crippen LogP contribution in [0.15, 0.2) is 35.1 Å². The average molecular weight is 383 g/mol. The first-order valence-corrected chi connectivity index (χ1v) is 8.90. The smallest absolute Gasteiger partial charge is 0.322 e. The van der Waals surface area contributed by atoms with Crippen LogP contribution in [0, 0.1) is 6.92 Å². The average Bonchev–Trinajstić information content (AvgIpc) is 3.41. The number of hydrogen-bond acceptors (Lipinski definition) is 7. The van der Waals surface area contributed by atoms with Gasteiger partial charge in [-0.3, -0.25) is 0 Å². The summed E-state index contributed by atoms with van der Waals surface area (Å²) in [5.74, 6) is 1.69. The van der Waals surface area contributed by atoms with Crippen LogP contribution in [0.1, 0.15) is 24.2 Å². The fourth-order valence-electron chi connectivity index (χ4n) is 3.38. The number of carbonyl (C=O) groups excluding carboxylic acids is 1. The Morgan fingerprint density at radius 3 is 2.93 bits per heavy atom. The number of anilines is 1. The van der Waals surface area contributed by atoms with Crippen LogP contribution in [-0.4, -0.2) is 55.6 Å². The number of amides is 2. The number of nitrogens with zero attached hydrogens (tertiary/aromatic N) is 6. The third kappa shape index (κ3) is 3.46. The van der Waals surface area contributed by atoms with Crippen LogP contribution in [0.5, 0.6) is 0 Å². The van der Waals surface area contributed by atoms with Crippen LogP contribution in [-0.2, 0) is 11.8 Å². The first kappa shape index (κ1) is 18.1. The second kappa shape index (κ2) is 7.39. The first-order valence-electron chi connectivity index (χ1n) is 8.90. The highest BCUT2D eigenvalue weighted by atomic mass is 16.5. The second-order valence-electron chi connectivity index (χ2n) is 6.71. The van der Waals surface area contributed by atoms with Crippen LogP contribution in [0.2, 0.25) is 0 Å². The van der Waals surface area contributed by atoms with E-state index in [-0.39, 0.29) is 18.2 Å². The lowest BCUT2D eigenvalue weighted by Gasteiger charge is -2.24. The predicted molar refractivity (Wildman–Crippen MR) is 99.4 cm³/mol. The van der Waals surface area contributed by atoms with Gasteiger partial charge in [0.2, 0.25) is 11.7 Å². The van der Waals surface area contributed by atoms with Gasteiger partial charge in [-0.05, 0) is 12.1 Å². The fourth-order valence-corrected chi connectivity index (χ4v) is 3.38. The Bertz CT molecular complexity index is 983. The van der Waals surface area contributed by atoms with E-state index in [1.54, 1.807) is 25.3 Å². The Morgan fingerprint density at radius 1 is 1.39 bits per heavy atom. The molecule has 0 bridgehead atoms. The van der Waals surface area contributed by atoms with Crippen LogP contribution in [0.3, 0.4) is 0 Å². The van der Waals surface area contributed by atoms with Crippen molar-refractivity contribution in [3.8, 4) is 11.4 Å². The summed E-state index contributed by atoms with van der Waals surface area (Å²) in [5, 5.41) is 15.0. The van der Waals surface area contributed by atoms with Crippen molar-refractivity contribution in [2.24, 2.45) is 7.05 Å². The molecule has 0 aliphatic carbocycles. The molecular weight excluding hydrogens is 362 g/mol. The van der Waals surface area contributed by atoms with Gasteiger partial charge in [0.15, 0.2) is 5.82 Å². The van der Waals surface area contributed by atoms with Crippen LogP contribution < -0.4 is 5.32 Å². The Balaban J connectivity index is 1.54. The molecule has 1 saturated heterocycles. The molecule has 2 atom stereocenters. The number of aromatic nitrogens is 5. The highest BCUT2D eigenvalue weighted by Crippen LogP contribution is 2.32. The van der Waals surface area contributed by atoms with E-state index >= 15 is 0 Å². The zero-order valence-electron chi connectivity index (χ0n) is 15.9. The molecule has 146 valence electrons. The quantitative estimate of drug-likeness (QED) is 0.735. The zero-order valence-corrected chi connectivity index (χ0v) is 15.9. The van der Waals surface area contributed by atoms with Crippen LogP contribution in [0.4, 0.5) is 10.5 Å². The van der Waals surface area contributed by atoms with E-state index in [4.69, 9.17) is 9.26 Å². The van der Waals surface area contributed by atoms with E-state index in [1.165, 1.54) is 0 Å². The summed E-state index contributed by atoms with van der Waals surface area (Å²) in [5.41, 5.74) is 1.40. The molecule has 4 rings (SSSR count). The van der Waals surface area contributed by atoms with Gasteiger partial charge < -0.3 is 24.0 Å². The highest BCUT2D eigenvalue weighted by molar-refractivity contribution is 5.90. The number of benzene rings is 1. The first-order chi connectivity index (χ1) is 13.5. The molecule has 1 N–H and O–H groups in total. The van der Waals surface area contributed by atoms with Crippen molar-refractivity contribution in [3.05, 3.63) is 42.3 Å². The lowest BCUT2D eigenvalue weighted by molar-refractivity contribution is 0.111. The molecule has 3 aromatic rings. The van der Waals surface area contributed by atoms with Crippen LogP contribution >= 0.6 is 0 Å². The van der Waals surface area contributed by atoms with E-state index in [0.717, 1.165) is 11.4 Å². The van der Waals surface area contributed by atoms with E-state index in [1.807, 2.05) is 35.9 Å². The normalized spacial score (nSPS) is 19.2. The topological polar surface area (TPSA) is 111 Å². The molecule has 1 aromatic carbocycles. The summed E-state index contributed by atoms with van der Waals surface area (Å²) in [7, 11) is 3.51. The van der Waals surface area contributed by atoms with Gasteiger partial charge in [0.25, 0.3) is 0 Å². The number of urea groups is 1. The molecule has 2 amide bonds. The van der Waals surface area contributed by atoms with Gasteiger partial charge in [0, 0.05) is 45.3 Å². The lowest BCUT2D eigenvalue weighted by Crippen LogP contribution is -2.36. The third-order valence-corrected chi connectivity index (χ3v) is 4.80. The van der Waals surface area contributed by atoms with Crippen molar-refractivity contribution in [1.29, 1.82) is 0 Å². The van der Waals surface area contributed by atoms with E-state index < -0.39 is 0 Å². The van der Waals surface area contributed by atoms with Gasteiger partial charge in [-0.2, -0.15) is 4.98 Å². The standard InChI is InChI=1S/C18H21N7O3/c1-11-20-16(23-28-11)12-5-4-6-13(7-12)21-18(26)25-9-14(27-3)8-15(25)17-22-19-10-24(17)2/h4-7,10,14-15H,8-9H2,1-3H3,(H,21,26)/t14-,15+/m1/s1. The molecule has 0 saturated carbocycles. The summed E-state index contributed by atoms with van der Waals surface area (Å²) < 4.78 is 12.3. The van der Waals surface area contributed by atoms with Gasteiger partial charge >= 0.3 is 6.03 Å². The molecule has 1 fully saturated rings. The third-order valence-electron chi connectivity index (χ3n) is 4.80. The minimum atomic E-state index is -0.228. The van der Waals surface area contributed by atoms with Gasteiger partial charge in [-0.1, -0.05) is 17.3 Å². The molecule has 3 heterocycles. The molecule has 1 aliphatic rings. The van der Waals surface area contributed by atoms with E-state index in [9.17, 15) is 4.79 Å². The molecule has 28 heavy (non-hydrogen) atoms. The van der Waals surface area contributed by atoms with Gasteiger partial charge in [0.05, 0.1) is 12.1 Å². The lowest BCUT2D eigenvalue weighted by atomic mass is 10.2. The Morgan fingerprint density at radius 2 is 2.25 bits per heavy atom. The largest absolute Gasteiger partial charge is 0.380 e.